The average Bonchev–Trinajstić information content (AvgIpc) is 2.86. The molecule has 9 nitrogen and oxygen atoms in total. The highest BCUT2D eigenvalue weighted by Gasteiger charge is 2.55. The highest BCUT2D eigenvalue weighted by molar-refractivity contribution is 6.09. The Kier molecular flexibility index (Phi) is 5.78. The van der Waals surface area contributed by atoms with Crippen molar-refractivity contribution in [3.8, 4) is 6.07 Å². The van der Waals surface area contributed by atoms with Crippen molar-refractivity contribution in [3.05, 3.63) is 0 Å². The number of nitrogens with one attached hydrogen (secondary N) is 1. The Morgan fingerprint density at radius 2 is 2.07 bits per heavy atom. The van der Waals surface area contributed by atoms with Crippen molar-refractivity contribution < 1.29 is 23.9 Å². The normalized spacial score (nSPS) is 25.1. The molecular weight excluding hydrogens is 352 g/mol. The third-order valence-electron chi connectivity index (χ3n) is 5.63. The number of hydrogen-bond donors (Lipinski definition) is 1. The lowest BCUT2D eigenvalue weighted by Gasteiger charge is -2.36. The third kappa shape index (κ3) is 3.89. The molecule has 1 heterocycles. The second kappa shape index (κ2) is 7.55. The fraction of sp³-hybridized carbons (Fsp3) is 0.722. The van der Waals surface area contributed by atoms with Crippen molar-refractivity contribution in [1.82, 2.24) is 15.1 Å². The first-order valence-electron chi connectivity index (χ1n) is 9.03. The van der Waals surface area contributed by atoms with Crippen molar-refractivity contribution in [2.75, 3.05) is 20.2 Å². The number of carbonyl (C=O) groups excluding carboxylic acids is 4. The number of hydrogen-bond acceptors (Lipinski definition) is 6. The number of nitrogens with zero attached hydrogens (tertiary/aromatic N) is 3. The first-order valence-corrected chi connectivity index (χ1v) is 9.03. The number of rotatable bonds is 5. The highest BCUT2D eigenvalue weighted by Crippen LogP contribution is 2.38. The second-order valence-electron chi connectivity index (χ2n) is 7.72. The summed E-state index contributed by atoms with van der Waals surface area (Å²) in [7, 11) is 1.44. The zero-order valence-corrected chi connectivity index (χ0v) is 16.2. The quantitative estimate of drug-likeness (QED) is 0.558. The molecule has 2 rings (SSSR count). The van der Waals surface area contributed by atoms with Crippen molar-refractivity contribution in [2.45, 2.75) is 57.5 Å². The number of imide groups is 1. The molecule has 9 heteroatoms. The van der Waals surface area contributed by atoms with Gasteiger partial charge in [0.05, 0.1) is 6.07 Å². The lowest BCUT2D eigenvalue weighted by Crippen LogP contribution is -2.54. The Hall–Kier alpha value is -2.63. The van der Waals surface area contributed by atoms with Crippen LogP contribution in [0.15, 0.2) is 0 Å². The first kappa shape index (κ1) is 20.7. The minimum Gasteiger partial charge on any atom is -0.454 e. The van der Waals surface area contributed by atoms with E-state index in [1.807, 2.05) is 13.0 Å². The number of nitriles is 1. The zero-order chi connectivity index (χ0) is 20.4. The van der Waals surface area contributed by atoms with Crippen LogP contribution in [0.3, 0.4) is 0 Å². The molecule has 2 aliphatic rings. The number of ether oxygens (including phenoxy) is 1. The summed E-state index contributed by atoms with van der Waals surface area (Å²) in [6.07, 6.45) is 3.23. The summed E-state index contributed by atoms with van der Waals surface area (Å²) in [6.45, 7) is 3.93. The van der Waals surface area contributed by atoms with E-state index in [0.29, 0.717) is 6.42 Å². The van der Waals surface area contributed by atoms with Crippen molar-refractivity contribution >= 4 is 23.8 Å². The minimum absolute atomic E-state index is 0.00726. The Morgan fingerprint density at radius 1 is 1.41 bits per heavy atom. The average molecular weight is 378 g/mol. The van der Waals surface area contributed by atoms with E-state index in [4.69, 9.17) is 10.00 Å². The van der Waals surface area contributed by atoms with Crippen molar-refractivity contribution in [1.29, 1.82) is 5.26 Å². The van der Waals surface area contributed by atoms with Crippen LogP contribution in [0.25, 0.3) is 0 Å². The van der Waals surface area contributed by atoms with Gasteiger partial charge in [-0.3, -0.25) is 19.3 Å². The van der Waals surface area contributed by atoms with Gasteiger partial charge in [0, 0.05) is 7.05 Å². The van der Waals surface area contributed by atoms with Crippen LogP contribution in [0, 0.1) is 17.2 Å². The molecule has 1 saturated carbocycles. The van der Waals surface area contributed by atoms with Gasteiger partial charge < -0.3 is 15.0 Å². The molecule has 2 atom stereocenters. The summed E-state index contributed by atoms with van der Waals surface area (Å²) in [5.74, 6) is -1.82. The van der Waals surface area contributed by atoms with Gasteiger partial charge in [0.25, 0.3) is 11.8 Å². The van der Waals surface area contributed by atoms with E-state index in [1.165, 1.54) is 11.9 Å². The van der Waals surface area contributed by atoms with E-state index in [1.54, 1.807) is 13.8 Å². The zero-order valence-electron chi connectivity index (χ0n) is 16.2. The smallest absolute Gasteiger partial charge is 0.326 e. The van der Waals surface area contributed by atoms with Gasteiger partial charge in [-0.25, -0.2) is 4.79 Å². The maximum atomic E-state index is 12.8. The van der Waals surface area contributed by atoms with Gasteiger partial charge in [-0.05, 0) is 32.6 Å². The Bertz CT molecular complexity index is 698. The summed E-state index contributed by atoms with van der Waals surface area (Å²) in [5.41, 5.74) is -1.99. The van der Waals surface area contributed by atoms with Gasteiger partial charge in [0.15, 0.2) is 6.61 Å². The molecule has 0 bridgehead atoms. The molecule has 1 spiro atoms. The van der Waals surface area contributed by atoms with Gasteiger partial charge in [-0.1, -0.05) is 19.8 Å². The van der Waals surface area contributed by atoms with Crippen LogP contribution in [0.1, 0.15) is 46.5 Å². The second-order valence-corrected chi connectivity index (χ2v) is 7.72. The molecule has 1 aliphatic carbocycles. The minimum atomic E-state index is -1.04. The molecule has 0 aromatic carbocycles. The third-order valence-corrected chi connectivity index (χ3v) is 5.63. The Morgan fingerprint density at radius 3 is 2.67 bits per heavy atom. The van der Waals surface area contributed by atoms with E-state index in [2.05, 4.69) is 5.32 Å². The van der Waals surface area contributed by atoms with E-state index >= 15 is 0 Å². The van der Waals surface area contributed by atoms with Crippen LogP contribution < -0.4 is 5.32 Å². The maximum Gasteiger partial charge on any atom is 0.326 e. The van der Waals surface area contributed by atoms with Crippen LogP contribution in [-0.2, 0) is 19.1 Å². The van der Waals surface area contributed by atoms with Crippen LogP contribution in [0.4, 0.5) is 4.79 Å². The molecule has 0 aromatic rings. The predicted molar refractivity (Wildman–Crippen MR) is 94.0 cm³/mol. The molecule has 1 saturated heterocycles. The number of amides is 4. The van der Waals surface area contributed by atoms with Crippen LogP contribution in [0.5, 0.6) is 0 Å². The highest BCUT2D eigenvalue weighted by atomic mass is 16.5. The predicted octanol–water partition coefficient (Wildman–Crippen LogP) is 0.791. The molecule has 4 amide bonds. The largest absolute Gasteiger partial charge is 0.454 e. The van der Waals surface area contributed by atoms with E-state index in [0.717, 1.165) is 24.2 Å². The molecule has 1 N–H and O–H groups in total. The van der Waals surface area contributed by atoms with Gasteiger partial charge >= 0.3 is 12.0 Å². The van der Waals surface area contributed by atoms with Crippen molar-refractivity contribution in [2.24, 2.45) is 5.92 Å². The maximum absolute atomic E-state index is 12.8. The molecule has 148 valence electrons. The summed E-state index contributed by atoms with van der Waals surface area (Å²) < 4.78 is 4.91. The van der Waals surface area contributed by atoms with Crippen LogP contribution in [0.2, 0.25) is 0 Å². The molecule has 0 radical (unpaired) electrons. The molecule has 2 fully saturated rings. The van der Waals surface area contributed by atoms with Crippen LogP contribution >= 0.6 is 0 Å². The van der Waals surface area contributed by atoms with Gasteiger partial charge in [0.1, 0.15) is 17.6 Å². The molecule has 0 unspecified atom stereocenters. The first-order chi connectivity index (χ1) is 12.5. The van der Waals surface area contributed by atoms with Crippen LogP contribution in [-0.4, -0.2) is 64.9 Å². The number of esters is 1. The Labute approximate surface area is 158 Å². The summed E-state index contributed by atoms with van der Waals surface area (Å²) in [5, 5.41) is 11.8. The summed E-state index contributed by atoms with van der Waals surface area (Å²) >= 11 is 0. The summed E-state index contributed by atoms with van der Waals surface area (Å²) in [4.78, 5) is 51.1. The monoisotopic (exact) mass is 378 g/mol. The standard InChI is InChI=1S/C18H26N4O5/c1-12-7-5-6-8-18(12)15(25)22(16(26)20-18)9-14(24)27-10-13(23)21(4)17(2,3)11-19/h12H,5-10H2,1-4H3,(H,20,26)/t12-,18-/m1/s1. The number of urea groups is 1. The lowest BCUT2D eigenvalue weighted by atomic mass is 9.73. The summed E-state index contributed by atoms with van der Waals surface area (Å²) in [6, 6.07) is 1.36. The molecular formula is C18H26N4O5. The SMILES string of the molecule is C[C@@H]1CCCC[C@@]12NC(=O)N(CC(=O)OCC(=O)N(C)C(C)(C)C#N)C2=O. The number of likely N-dealkylation sites (N-methyl/N-ethyl adjacent to an activating group) is 1. The lowest BCUT2D eigenvalue weighted by molar-refractivity contribution is -0.154. The molecule has 1 aliphatic heterocycles. The number of carbonyl (C=O) groups is 4. The van der Waals surface area contributed by atoms with Gasteiger partial charge in [0.2, 0.25) is 0 Å². The van der Waals surface area contributed by atoms with Gasteiger partial charge in [-0.15, -0.1) is 0 Å². The fourth-order valence-corrected chi connectivity index (χ4v) is 3.44. The molecule has 0 aromatic heterocycles. The fourth-order valence-electron chi connectivity index (χ4n) is 3.44. The van der Waals surface area contributed by atoms with E-state index in [-0.39, 0.29) is 5.92 Å². The van der Waals surface area contributed by atoms with Crippen molar-refractivity contribution in [3.63, 3.8) is 0 Å². The van der Waals surface area contributed by atoms with E-state index in [9.17, 15) is 19.2 Å². The van der Waals surface area contributed by atoms with Gasteiger partial charge in [-0.2, -0.15) is 5.26 Å². The molecule has 27 heavy (non-hydrogen) atoms. The topological polar surface area (TPSA) is 120 Å². The van der Waals surface area contributed by atoms with E-state index < -0.39 is 48.0 Å². The Balaban J connectivity index is 1.94.